The van der Waals surface area contributed by atoms with E-state index in [2.05, 4.69) is 37.3 Å². The van der Waals surface area contributed by atoms with Gasteiger partial charge >= 0.3 is 0 Å². The van der Waals surface area contributed by atoms with E-state index in [0.29, 0.717) is 0 Å². The summed E-state index contributed by atoms with van der Waals surface area (Å²) < 4.78 is 0. The number of para-hydroxylation sites is 1. The molecule has 0 saturated carbocycles. The number of aromatic nitrogens is 1. The third-order valence-electron chi connectivity index (χ3n) is 5.08. The zero-order chi connectivity index (χ0) is 17.5. The highest BCUT2D eigenvalue weighted by atomic mass is 14.7. The summed E-state index contributed by atoms with van der Waals surface area (Å²) in [6.45, 7) is 2.27. The van der Waals surface area contributed by atoms with E-state index in [-0.39, 0.29) is 0 Å². The number of hydrogen-bond acceptors (Lipinski definition) is 2. The van der Waals surface area contributed by atoms with Crippen LogP contribution in [0, 0.1) is 0 Å². The maximum atomic E-state index is 6.29. The molecule has 0 radical (unpaired) electrons. The maximum Gasteiger partial charge on any atom is 0.0730 e. The fourth-order valence-electron chi connectivity index (χ4n) is 3.56. The van der Waals surface area contributed by atoms with Crippen molar-refractivity contribution < 1.29 is 0 Å². The van der Waals surface area contributed by atoms with Crippen LogP contribution >= 0.6 is 0 Å². The Morgan fingerprint density at radius 1 is 0.760 bits per heavy atom. The van der Waals surface area contributed by atoms with Gasteiger partial charge in [-0.25, -0.2) is 4.98 Å². The van der Waals surface area contributed by atoms with Crippen LogP contribution in [0.1, 0.15) is 63.9 Å². The van der Waals surface area contributed by atoms with Crippen molar-refractivity contribution >= 4 is 27.5 Å². The monoisotopic (exact) mass is 334 g/mol. The average Bonchev–Trinajstić information content (AvgIpc) is 2.62. The van der Waals surface area contributed by atoms with E-state index in [1.54, 1.807) is 0 Å². The fraction of sp³-hybridized carbons (Fsp3) is 0.435. The first kappa shape index (κ1) is 17.7. The second kappa shape index (κ2) is 8.84. The fourth-order valence-corrected chi connectivity index (χ4v) is 3.56. The molecule has 0 spiro atoms. The van der Waals surface area contributed by atoms with Gasteiger partial charge in [0.05, 0.1) is 11.0 Å². The third-order valence-corrected chi connectivity index (χ3v) is 5.08. The highest BCUT2D eigenvalue weighted by molar-refractivity contribution is 5.94. The minimum absolute atomic E-state index is 0.887. The molecule has 0 aliphatic heterocycles. The van der Waals surface area contributed by atoms with Gasteiger partial charge in [0.2, 0.25) is 0 Å². The molecule has 3 aromatic rings. The number of benzene rings is 2. The van der Waals surface area contributed by atoms with E-state index in [1.165, 1.54) is 67.7 Å². The molecule has 0 saturated heterocycles. The summed E-state index contributed by atoms with van der Waals surface area (Å²) >= 11 is 0. The van der Waals surface area contributed by atoms with Crippen LogP contribution in [-0.2, 0) is 6.42 Å². The standard InChI is InChI=1S/C23H30N2/c1-2-3-4-5-6-7-8-9-12-18-15-20-16-19-13-10-11-14-22(19)25-23(20)17-21(18)24/h10-11,13-17H,2-9,12,24H2,1H3. The van der Waals surface area contributed by atoms with Gasteiger partial charge in [-0.2, -0.15) is 0 Å². The first-order valence-corrected chi connectivity index (χ1v) is 9.86. The first-order valence-electron chi connectivity index (χ1n) is 9.86. The summed E-state index contributed by atoms with van der Waals surface area (Å²) in [5, 5.41) is 2.39. The lowest BCUT2D eigenvalue weighted by atomic mass is 10.0. The van der Waals surface area contributed by atoms with Gasteiger partial charge in [0.15, 0.2) is 0 Å². The van der Waals surface area contributed by atoms with Crippen LogP contribution in [-0.4, -0.2) is 4.98 Å². The minimum Gasteiger partial charge on any atom is -0.398 e. The molecule has 2 heteroatoms. The van der Waals surface area contributed by atoms with Crippen LogP contribution in [0.5, 0.6) is 0 Å². The molecule has 3 rings (SSSR count). The highest BCUT2D eigenvalue weighted by Crippen LogP contribution is 2.25. The topological polar surface area (TPSA) is 38.9 Å². The molecule has 1 aromatic heterocycles. The number of nitrogens with zero attached hydrogens (tertiary/aromatic N) is 1. The number of pyridine rings is 1. The van der Waals surface area contributed by atoms with Crippen LogP contribution in [0.2, 0.25) is 0 Å². The second-order valence-electron chi connectivity index (χ2n) is 7.15. The van der Waals surface area contributed by atoms with E-state index in [0.717, 1.165) is 23.1 Å². The van der Waals surface area contributed by atoms with E-state index in [1.807, 2.05) is 12.1 Å². The molecule has 25 heavy (non-hydrogen) atoms. The number of rotatable bonds is 9. The van der Waals surface area contributed by atoms with Crippen LogP contribution in [0.25, 0.3) is 21.8 Å². The van der Waals surface area contributed by atoms with Gasteiger partial charge < -0.3 is 5.73 Å². The molecule has 0 unspecified atom stereocenters. The average molecular weight is 335 g/mol. The van der Waals surface area contributed by atoms with Crippen molar-refractivity contribution in [1.82, 2.24) is 4.98 Å². The summed E-state index contributed by atoms with van der Waals surface area (Å²) in [7, 11) is 0. The number of nitrogen functional groups attached to an aromatic ring is 1. The Bertz CT molecular complexity index is 823. The predicted molar refractivity (Wildman–Crippen MR) is 110 cm³/mol. The molecule has 2 nitrogen and oxygen atoms in total. The number of hydrogen-bond donors (Lipinski definition) is 1. The Morgan fingerprint density at radius 2 is 1.48 bits per heavy atom. The summed E-state index contributed by atoms with van der Waals surface area (Å²) in [6.07, 6.45) is 11.8. The molecule has 2 N–H and O–H groups in total. The lowest BCUT2D eigenvalue weighted by Gasteiger charge is -2.09. The Morgan fingerprint density at radius 3 is 2.28 bits per heavy atom. The first-order chi connectivity index (χ1) is 12.3. The Balaban J connectivity index is 1.60. The van der Waals surface area contributed by atoms with Crippen molar-refractivity contribution in [2.75, 3.05) is 5.73 Å². The Hall–Kier alpha value is -2.09. The van der Waals surface area contributed by atoms with Crippen LogP contribution in [0.3, 0.4) is 0 Å². The summed E-state index contributed by atoms with van der Waals surface area (Å²) in [6, 6.07) is 14.8. The zero-order valence-corrected chi connectivity index (χ0v) is 15.4. The van der Waals surface area contributed by atoms with Crippen molar-refractivity contribution in [3.63, 3.8) is 0 Å². The van der Waals surface area contributed by atoms with Crippen LogP contribution in [0.15, 0.2) is 42.5 Å². The quantitative estimate of drug-likeness (QED) is 0.270. The molecular formula is C23H30N2. The van der Waals surface area contributed by atoms with Gasteiger partial charge in [0, 0.05) is 16.5 Å². The molecular weight excluding hydrogens is 304 g/mol. The summed E-state index contributed by atoms with van der Waals surface area (Å²) in [5.74, 6) is 0. The molecule has 1 heterocycles. The van der Waals surface area contributed by atoms with Gasteiger partial charge in [0.25, 0.3) is 0 Å². The Kier molecular flexibility index (Phi) is 6.27. The van der Waals surface area contributed by atoms with Crippen LogP contribution < -0.4 is 5.73 Å². The smallest absolute Gasteiger partial charge is 0.0730 e. The van der Waals surface area contributed by atoms with Crippen molar-refractivity contribution in [3.8, 4) is 0 Å². The van der Waals surface area contributed by atoms with Crippen molar-refractivity contribution in [1.29, 1.82) is 0 Å². The molecule has 0 aliphatic carbocycles. The highest BCUT2D eigenvalue weighted by Gasteiger charge is 2.05. The van der Waals surface area contributed by atoms with Crippen molar-refractivity contribution in [2.24, 2.45) is 0 Å². The normalized spacial score (nSPS) is 11.4. The summed E-state index contributed by atoms with van der Waals surface area (Å²) in [4.78, 5) is 4.74. The SMILES string of the molecule is CCCCCCCCCCc1cc2cc3ccccc3nc2cc1N. The number of anilines is 1. The van der Waals surface area contributed by atoms with E-state index >= 15 is 0 Å². The van der Waals surface area contributed by atoms with Gasteiger partial charge in [-0.05, 0) is 42.7 Å². The van der Waals surface area contributed by atoms with Crippen LogP contribution in [0.4, 0.5) is 5.69 Å². The molecule has 2 aromatic carbocycles. The lowest BCUT2D eigenvalue weighted by Crippen LogP contribution is -1.96. The summed E-state index contributed by atoms with van der Waals surface area (Å²) in [5.41, 5.74) is 10.5. The van der Waals surface area contributed by atoms with Gasteiger partial charge in [-0.3, -0.25) is 0 Å². The molecule has 0 aliphatic rings. The molecule has 132 valence electrons. The van der Waals surface area contributed by atoms with E-state index < -0.39 is 0 Å². The van der Waals surface area contributed by atoms with Gasteiger partial charge in [0.1, 0.15) is 0 Å². The third kappa shape index (κ3) is 4.72. The number of nitrogens with two attached hydrogens (primary N) is 1. The largest absolute Gasteiger partial charge is 0.398 e. The molecule has 0 bridgehead atoms. The van der Waals surface area contributed by atoms with E-state index in [4.69, 9.17) is 10.7 Å². The number of fused-ring (bicyclic) bond motifs is 2. The molecule has 0 amide bonds. The minimum atomic E-state index is 0.887. The van der Waals surface area contributed by atoms with Crippen molar-refractivity contribution in [3.05, 3.63) is 48.0 Å². The second-order valence-corrected chi connectivity index (χ2v) is 7.15. The molecule has 0 atom stereocenters. The molecule has 0 fully saturated rings. The zero-order valence-electron chi connectivity index (χ0n) is 15.4. The van der Waals surface area contributed by atoms with Gasteiger partial charge in [-0.15, -0.1) is 0 Å². The predicted octanol–water partition coefficient (Wildman–Crippen LogP) is 6.65. The lowest BCUT2D eigenvalue weighted by molar-refractivity contribution is 0.576. The van der Waals surface area contributed by atoms with Crippen molar-refractivity contribution in [2.45, 2.75) is 64.7 Å². The Labute approximate surface area is 151 Å². The van der Waals surface area contributed by atoms with Gasteiger partial charge in [-0.1, -0.05) is 70.1 Å². The number of aryl methyl sites for hydroxylation is 1. The maximum absolute atomic E-state index is 6.29. The number of unbranched alkanes of at least 4 members (excludes halogenated alkanes) is 7. The van der Waals surface area contributed by atoms with E-state index in [9.17, 15) is 0 Å².